The van der Waals surface area contributed by atoms with Gasteiger partial charge in [0, 0.05) is 24.9 Å². The Morgan fingerprint density at radius 1 is 1.44 bits per heavy atom. The van der Waals surface area contributed by atoms with Crippen LogP contribution in [0.4, 0.5) is 0 Å². The lowest BCUT2D eigenvalue weighted by molar-refractivity contribution is -0.126. The normalized spacial score (nSPS) is 18.7. The molecule has 0 aromatic heterocycles. The summed E-state index contributed by atoms with van der Waals surface area (Å²) in [6, 6.07) is 0.569. The fraction of sp³-hybridized carbons (Fsp3) is 0.833. The van der Waals surface area contributed by atoms with E-state index in [1.54, 1.807) is 0 Å². The summed E-state index contributed by atoms with van der Waals surface area (Å²) in [7, 11) is 0. The summed E-state index contributed by atoms with van der Waals surface area (Å²) in [5, 5.41) is 2.81. The average Bonchev–Trinajstić information content (AvgIpc) is 2.29. The van der Waals surface area contributed by atoms with E-state index in [1.807, 2.05) is 0 Å². The Kier molecular flexibility index (Phi) is 5.46. The van der Waals surface area contributed by atoms with Crippen molar-refractivity contribution in [2.24, 2.45) is 5.92 Å². The van der Waals surface area contributed by atoms with Crippen molar-refractivity contribution in [3.8, 4) is 0 Å². The van der Waals surface area contributed by atoms with Gasteiger partial charge in [-0.1, -0.05) is 0 Å². The van der Waals surface area contributed by atoms with Gasteiger partial charge in [-0.25, -0.2) is 0 Å². The van der Waals surface area contributed by atoms with Crippen LogP contribution in [0.5, 0.6) is 0 Å². The molecule has 1 N–H and O–H groups in total. The number of aldehydes is 1. The largest absolute Gasteiger partial charge is 0.355 e. The molecule has 0 radical (unpaired) electrons. The summed E-state index contributed by atoms with van der Waals surface area (Å²) >= 11 is 0. The fourth-order valence-corrected chi connectivity index (χ4v) is 2.08. The zero-order valence-corrected chi connectivity index (χ0v) is 10.2. The van der Waals surface area contributed by atoms with E-state index in [0.717, 1.165) is 32.2 Å². The van der Waals surface area contributed by atoms with Gasteiger partial charge in [0.05, 0.1) is 0 Å². The van der Waals surface area contributed by atoms with E-state index < -0.39 is 0 Å². The van der Waals surface area contributed by atoms with Gasteiger partial charge in [0.25, 0.3) is 0 Å². The molecule has 1 rings (SSSR count). The predicted octanol–water partition coefficient (Wildman–Crippen LogP) is 0.812. The zero-order chi connectivity index (χ0) is 12.0. The highest BCUT2D eigenvalue weighted by Gasteiger charge is 2.25. The molecule has 0 bridgehead atoms. The highest BCUT2D eigenvalue weighted by molar-refractivity contribution is 5.78. The zero-order valence-electron chi connectivity index (χ0n) is 10.2. The maximum absolute atomic E-state index is 11.7. The highest BCUT2D eigenvalue weighted by Crippen LogP contribution is 2.18. The first-order chi connectivity index (χ1) is 7.65. The minimum absolute atomic E-state index is 0.116. The predicted molar refractivity (Wildman–Crippen MR) is 63.1 cm³/mol. The van der Waals surface area contributed by atoms with Crippen molar-refractivity contribution < 1.29 is 9.59 Å². The SMILES string of the molecule is CC(C)N1CCC(C(=O)NCCC=O)CC1. The first-order valence-corrected chi connectivity index (χ1v) is 6.10. The van der Waals surface area contributed by atoms with Crippen molar-refractivity contribution in [2.75, 3.05) is 19.6 Å². The molecule has 0 saturated carbocycles. The van der Waals surface area contributed by atoms with E-state index in [2.05, 4.69) is 24.1 Å². The lowest BCUT2D eigenvalue weighted by Gasteiger charge is -2.33. The molecule has 1 aliphatic rings. The summed E-state index contributed by atoms with van der Waals surface area (Å²) in [6.45, 7) is 6.86. The van der Waals surface area contributed by atoms with Crippen LogP contribution >= 0.6 is 0 Å². The van der Waals surface area contributed by atoms with Gasteiger partial charge >= 0.3 is 0 Å². The van der Waals surface area contributed by atoms with Crippen molar-refractivity contribution >= 4 is 12.2 Å². The lowest BCUT2D eigenvalue weighted by atomic mass is 9.95. The third-order valence-electron chi connectivity index (χ3n) is 3.19. The molecule has 1 fully saturated rings. The average molecular weight is 226 g/mol. The van der Waals surface area contributed by atoms with Crippen LogP contribution < -0.4 is 5.32 Å². The Labute approximate surface area is 97.4 Å². The summed E-state index contributed by atoms with van der Waals surface area (Å²) in [5.41, 5.74) is 0. The van der Waals surface area contributed by atoms with Gasteiger partial charge in [0.1, 0.15) is 6.29 Å². The van der Waals surface area contributed by atoms with Crippen LogP contribution in [0.2, 0.25) is 0 Å². The van der Waals surface area contributed by atoms with Crippen molar-refractivity contribution in [1.29, 1.82) is 0 Å². The second-order valence-corrected chi connectivity index (χ2v) is 4.65. The first-order valence-electron chi connectivity index (χ1n) is 6.10. The molecule has 0 unspecified atom stereocenters. The number of nitrogens with one attached hydrogen (secondary N) is 1. The molecule has 4 heteroatoms. The molecular formula is C12H22N2O2. The molecule has 0 aromatic carbocycles. The molecule has 1 heterocycles. The molecular weight excluding hydrogens is 204 g/mol. The monoisotopic (exact) mass is 226 g/mol. The Hall–Kier alpha value is -0.900. The molecule has 1 saturated heterocycles. The minimum atomic E-state index is 0.116. The topological polar surface area (TPSA) is 49.4 Å². The van der Waals surface area contributed by atoms with Crippen molar-refractivity contribution in [1.82, 2.24) is 10.2 Å². The summed E-state index contributed by atoms with van der Waals surface area (Å²) in [5.74, 6) is 0.256. The summed E-state index contributed by atoms with van der Waals surface area (Å²) < 4.78 is 0. The standard InChI is InChI=1S/C12H22N2O2/c1-10(2)14-7-4-11(5-8-14)12(16)13-6-3-9-15/h9-11H,3-8H2,1-2H3,(H,13,16). The molecule has 16 heavy (non-hydrogen) atoms. The molecule has 0 spiro atoms. The van der Waals surface area contributed by atoms with Gasteiger partial charge in [0.15, 0.2) is 0 Å². The third kappa shape index (κ3) is 3.93. The Morgan fingerprint density at radius 3 is 2.56 bits per heavy atom. The number of nitrogens with zero attached hydrogens (tertiary/aromatic N) is 1. The molecule has 0 atom stereocenters. The van der Waals surface area contributed by atoms with Gasteiger partial charge in [0.2, 0.25) is 5.91 Å². The second-order valence-electron chi connectivity index (χ2n) is 4.65. The van der Waals surface area contributed by atoms with Crippen LogP contribution in [-0.2, 0) is 9.59 Å². The fourth-order valence-electron chi connectivity index (χ4n) is 2.08. The van der Waals surface area contributed by atoms with E-state index in [1.165, 1.54) is 0 Å². The van der Waals surface area contributed by atoms with Crippen molar-refractivity contribution in [2.45, 2.75) is 39.2 Å². The van der Waals surface area contributed by atoms with Crippen molar-refractivity contribution in [3.05, 3.63) is 0 Å². The van der Waals surface area contributed by atoms with Crippen LogP contribution in [0.15, 0.2) is 0 Å². The molecule has 1 aliphatic heterocycles. The van der Waals surface area contributed by atoms with Crippen LogP contribution in [0, 0.1) is 5.92 Å². The molecule has 0 aromatic rings. The molecule has 92 valence electrons. The van der Waals surface area contributed by atoms with Gasteiger partial charge < -0.3 is 15.0 Å². The number of carbonyl (C=O) groups is 2. The van der Waals surface area contributed by atoms with Crippen LogP contribution in [0.3, 0.4) is 0 Å². The van der Waals surface area contributed by atoms with Crippen LogP contribution in [0.25, 0.3) is 0 Å². The smallest absolute Gasteiger partial charge is 0.223 e. The number of carbonyl (C=O) groups excluding carboxylic acids is 2. The number of hydrogen-bond acceptors (Lipinski definition) is 3. The summed E-state index contributed by atoms with van der Waals surface area (Å²) in [6.07, 6.45) is 3.12. The number of likely N-dealkylation sites (tertiary alicyclic amines) is 1. The van der Waals surface area contributed by atoms with Gasteiger partial charge in [-0.2, -0.15) is 0 Å². The number of hydrogen-bond donors (Lipinski definition) is 1. The van der Waals surface area contributed by atoms with Crippen LogP contribution in [-0.4, -0.2) is 42.8 Å². The van der Waals surface area contributed by atoms with Crippen LogP contribution in [0.1, 0.15) is 33.1 Å². The quantitative estimate of drug-likeness (QED) is 0.557. The Bertz CT molecular complexity index is 233. The Balaban J connectivity index is 2.24. The second kappa shape index (κ2) is 6.63. The molecule has 0 aliphatic carbocycles. The highest BCUT2D eigenvalue weighted by atomic mass is 16.2. The molecule has 1 amide bonds. The maximum atomic E-state index is 11.7. The molecule has 4 nitrogen and oxygen atoms in total. The van der Waals surface area contributed by atoms with Gasteiger partial charge in [-0.3, -0.25) is 4.79 Å². The van der Waals surface area contributed by atoms with Gasteiger partial charge in [-0.15, -0.1) is 0 Å². The summed E-state index contributed by atoms with van der Waals surface area (Å²) in [4.78, 5) is 24.2. The number of rotatable bonds is 5. The van der Waals surface area contributed by atoms with E-state index in [9.17, 15) is 9.59 Å². The van der Waals surface area contributed by atoms with Gasteiger partial charge in [-0.05, 0) is 39.8 Å². The lowest BCUT2D eigenvalue weighted by Crippen LogP contribution is -2.43. The Morgan fingerprint density at radius 2 is 2.06 bits per heavy atom. The number of piperidine rings is 1. The van der Waals surface area contributed by atoms with E-state index >= 15 is 0 Å². The third-order valence-corrected chi connectivity index (χ3v) is 3.19. The number of amides is 1. The van der Waals surface area contributed by atoms with Crippen molar-refractivity contribution in [3.63, 3.8) is 0 Å². The van der Waals surface area contributed by atoms with E-state index in [0.29, 0.717) is 19.0 Å². The first kappa shape index (κ1) is 13.2. The van der Waals surface area contributed by atoms with E-state index in [4.69, 9.17) is 0 Å². The van der Waals surface area contributed by atoms with E-state index in [-0.39, 0.29) is 11.8 Å². The minimum Gasteiger partial charge on any atom is -0.355 e. The maximum Gasteiger partial charge on any atom is 0.223 e.